The Morgan fingerprint density at radius 2 is 1.68 bits per heavy atom. The first kappa shape index (κ1) is 14.6. The molecule has 1 aromatic carbocycles. The second-order valence-corrected chi connectivity index (χ2v) is 6.25. The zero-order chi connectivity index (χ0) is 14.3. The number of rotatable bonds is 3. The fraction of sp³-hybridized carbons (Fsp3) is 0.600. The van der Waals surface area contributed by atoms with E-state index in [1.54, 1.807) is 0 Å². The zero-order valence-electron chi connectivity index (χ0n) is 12.8. The van der Waals surface area contributed by atoms with Crippen LogP contribution in [0, 0.1) is 6.92 Å². The molecule has 1 heterocycles. The van der Waals surface area contributed by atoms with Crippen molar-refractivity contribution in [3.63, 3.8) is 0 Å². The summed E-state index contributed by atoms with van der Waals surface area (Å²) in [5, 5.41) is 3.19. The first-order chi connectivity index (χ1) is 8.78. The van der Waals surface area contributed by atoms with Gasteiger partial charge in [-0.1, -0.05) is 18.2 Å². The fourth-order valence-corrected chi connectivity index (χ4v) is 2.31. The van der Waals surface area contributed by atoms with E-state index in [0.29, 0.717) is 0 Å². The lowest BCUT2D eigenvalue weighted by Gasteiger charge is -2.32. The molecule has 0 atom stereocenters. The van der Waals surface area contributed by atoms with E-state index in [1.165, 1.54) is 11.1 Å². The maximum absolute atomic E-state index is 6.12. The van der Waals surface area contributed by atoms with E-state index < -0.39 is 0 Å². The molecule has 0 aromatic heterocycles. The highest BCUT2D eigenvalue weighted by atomic mass is 16.7. The Morgan fingerprint density at radius 3 is 2.21 bits per heavy atom. The topological polar surface area (TPSA) is 30.5 Å². The van der Waals surface area contributed by atoms with E-state index in [9.17, 15) is 0 Å². The molecule has 0 aliphatic carbocycles. The van der Waals surface area contributed by atoms with Crippen LogP contribution < -0.4 is 10.8 Å². The highest BCUT2D eigenvalue weighted by Crippen LogP contribution is 2.36. The van der Waals surface area contributed by atoms with Crippen molar-refractivity contribution in [1.29, 1.82) is 0 Å². The Bertz CT molecular complexity index is 455. The maximum atomic E-state index is 6.12. The van der Waals surface area contributed by atoms with Gasteiger partial charge >= 0.3 is 7.12 Å². The second kappa shape index (κ2) is 4.93. The second-order valence-electron chi connectivity index (χ2n) is 6.25. The van der Waals surface area contributed by atoms with Crippen molar-refractivity contribution in [2.24, 2.45) is 0 Å². The molecule has 1 aliphatic rings. The molecule has 104 valence electrons. The first-order valence-electron chi connectivity index (χ1n) is 6.87. The molecule has 1 aliphatic heterocycles. The van der Waals surface area contributed by atoms with E-state index in [0.717, 1.165) is 12.0 Å². The number of benzene rings is 1. The number of hydrogen-bond donors (Lipinski definition) is 1. The van der Waals surface area contributed by atoms with Crippen LogP contribution in [0.3, 0.4) is 0 Å². The van der Waals surface area contributed by atoms with Crippen molar-refractivity contribution in [2.75, 3.05) is 7.05 Å². The SMILES string of the molecule is CNCc1cccc(B2OC(C)(C)C(C)(C)O2)c1C. The van der Waals surface area contributed by atoms with Gasteiger partial charge in [0, 0.05) is 6.54 Å². The van der Waals surface area contributed by atoms with E-state index in [4.69, 9.17) is 9.31 Å². The van der Waals surface area contributed by atoms with Crippen LogP contribution in [0.1, 0.15) is 38.8 Å². The molecule has 0 radical (unpaired) electrons. The Hall–Kier alpha value is -0.835. The predicted octanol–water partition coefficient (Wildman–Crippen LogP) is 2.01. The van der Waals surface area contributed by atoms with E-state index in [1.807, 2.05) is 7.05 Å². The summed E-state index contributed by atoms with van der Waals surface area (Å²) in [4.78, 5) is 0. The van der Waals surface area contributed by atoms with Gasteiger partial charge in [-0.15, -0.1) is 0 Å². The molecule has 1 N–H and O–H groups in total. The summed E-state index contributed by atoms with van der Waals surface area (Å²) in [5.41, 5.74) is 3.09. The van der Waals surface area contributed by atoms with Crippen molar-refractivity contribution in [1.82, 2.24) is 5.32 Å². The molecule has 0 amide bonds. The van der Waals surface area contributed by atoms with Gasteiger partial charge in [0.1, 0.15) is 0 Å². The minimum absolute atomic E-state index is 0.276. The highest BCUT2D eigenvalue weighted by molar-refractivity contribution is 6.62. The minimum Gasteiger partial charge on any atom is -0.399 e. The summed E-state index contributed by atoms with van der Waals surface area (Å²) in [7, 11) is 1.68. The van der Waals surface area contributed by atoms with Gasteiger partial charge in [-0.05, 0) is 58.3 Å². The van der Waals surface area contributed by atoms with Crippen LogP contribution in [0.25, 0.3) is 0 Å². The average molecular weight is 261 g/mol. The summed E-state index contributed by atoms with van der Waals surface area (Å²) in [6, 6.07) is 6.30. The van der Waals surface area contributed by atoms with Crippen molar-refractivity contribution in [3.8, 4) is 0 Å². The summed E-state index contributed by atoms with van der Waals surface area (Å²) < 4.78 is 12.2. The van der Waals surface area contributed by atoms with E-state index in [2.05, 4.69) is 58.1 Å². The lowest BCUT2D eigenvalue weighted by Crippen LogP contribution is -2.41. The van der Waals surface area contributed by atoms with Gasteiger partial charge in [-0.25, -0.2) is 0 Å². The molecule has 2 rings (SSSR count). The van der Waals surface area contributed by atoms with Gasteiger partial charge in [0.05, 0.1) is 11.2 Å². The molecule has 0 bridgehead atoms. The lowest BCUT2D eigenvalue weighted by atomic mass is 9.75. The largest absolute Gasteiger partial charge is 0.495 e. The van der Waals surface area contributed by atoms with Crippen molar-refractivity contribution >= 4 is 12.6 Å². The normalized spacial score (nSPS) is 20.8. The third kappa shape index (κ3) is 2.57. The van der Waals surface area contributed by atoms with Crippen LogP contribution in [-0.2, 0) is 15.9 Å². The molecular formula is C15H24BNO2. The van der Waals surface area contributed by atoms with Gasteiger partial charge in [-0.3, -0.25) is 0 Å². The molecule has 19 heavy (non-hydrogen) atoms. The highest BCUT2D eigenvalue weighted by Gasteiger charge is 2.52. The summed E-state index contributed by atoms with van der Waals surface area (Å²) in [5.74, 6) is 0. The third-order valence-electron chi connectivity index (χ3n) is 4.36. The summed E-state index contributed by atoms with van der Waals surface area (Å²) in [6.45, 7) is 11.3. The van der Waals surface area contributed by atoms with Crippen molar-refractivity contribution < 1.29 is 9.31 Å². The minimum atomic E-state index is -0.289. The standard InChI is InChI=1S/C15H24BNO2/c1-11-12(10-17-6)8-7-9-13(11)16-18-14(2,3)15(4,5)19-16/h7-9,17H,10H2,1-6H3. The summed E-state index contributed by atoms with van der Waals surface area (Å²) >= 11 is 0. The van der Waals surface area contributed by atoms with Crippen LogP contribution in [0.2, 0.25) is 0 Å². The average Bonchev–Trinajstić information content (AvgIpc) is 2.51. The van der Waals surface area contributed by atoms with E-state index in [-0.39, 0.29) is 18.3 Å². The van der Waals surface area contributed by atoms with Gasteiger partial charge in [-0.2, -0.15) is 0 Å². The molecule has 0 saturated carbocycles. The fourth-order valence-electron chi connectivity index (χ4n) is 2.31. The quantitative estimate of drug-likeness (QED) is 0.844. The van der Waals surface area contributed by atoms with Crippen LogP contribution >= 0.6 is 0 Å². The Kier molecular flexibility index (Phi) is 3.78. The van der Waals surface area contributed by atoms with Gasteiger partial charge in [0.2, 0.25) is 0 Å². The molecule has 0 unspecified atom stereocenters. The zero-order valence-corrected chi connectivity index (χ0v) is 12.8. The molecule has 4 heteroatoms. The third-order valence-corrected chi connectivity index (χ3v) is 4.36. The smallest absolute Gasteiger partial charge is 0.399 e. The van der Waals surface area contributed by atoms with Gasteiger partial charge < -0.3 is 14.6 Å². The molecule has 3 nitrogen and oxygen atoms in total. The molecule has 1 fully saturated rings. The predicted molar refractivity (Wildman–Crippen MR) is 79.7 cm³/mol. The lowest BCUT2D eigenvalue weighted by molar-refractivity contribution is 0.00578. The Labute approximate surface area is 116 Å². The van der Waals surface area contributed by atoms with Crippen LogP contribution in [0.5, 0.6) is 0 Å². The van der Waals surface area contributed by atoms with Crippen LogP contribution in [0.15, 0.2) is 18.2 Å². The van der Waals surface area contributed by atoms with Crippen LogP contribution in [0.4, 0.5) is 0 Å². The van der Waals surface area contributed by atoms with Gasteiger partial charge in [0.25, 0.3) is 0 Å². The molecule has 1 aromatic rings. The summed E-state index contributed by atoms with van der Waals surface area (Å²) in [6.07, 6.45) is 0. The molecule has 1 saturated heterocycles. The molecular weight excluding hydrogens is 237 g/mol. The monoisotopic (exact) mass is 261 g/mol. The number of nitrogens with one attached hydrogen (secondary N) is 1. The van der Waals surface area contributed by atoms with Crippen molar-refractivity contribution in [2.45, 2.75) is 52.4 Å². The first-order valence-corrected chi connectivity index (χ1v) is 6.87. The van der Waals surface area contributed by atoms with E-state index >= 15 is 0 Å². The molecule has 0 spiro atoms. The van der Waals surface area contributed by atoms with Crippen molar-refractivity contribution in [3.05, 3.63) is 29.3 Å². The maximum Gasteiger partial charge on any atom is 0.495 e. The number of hydrogen-bond acceptors (Lipinski definition) is 3. The Balaban J connectivity index is 2.32. The van der Waals surface area contributed by atoms with Gasteiger partial charge in [0.15, 0.2) is 0 Å². The van der Waals surface area contributed by atoms with Crippen LogP contribution in [-0.4, -0.2) is 25.4 Å². The Morgan fingerprint density at radius 1 is 1.11 bits per heavy atom.